The van der Waals surface area contributed by atoms with E-state index in [1.54, 1.807) is 0 Å². The van der Waals surface area contributed by atoms with Crippen molar-refractivity contribution in [2.24, 2.45) is 5.92 Å². The van der Waals surface area contributed by atoms with Gasteiger partial charge < -0.3 is 9.64 Å². The molecular weight excluding hydrogens is 320 g/mol. The lowest BCUT2D eigenvalue weighted by atomic mass is 9.95. The molecule has 6 heteroatoms. The predicted octanol–water partition coefficient (Wildman–Crippen LogP) is 0.349. The first-order chi connectivity index (χ1) is 12.0. The number of amides is 2. The fourth-order valence-corrected chi connectivity index (χ4v) is 3.84. The average molecular weight is 345 g/mol. The maximum Gasteiger partial charge on any atom is 0.309 e. The zero-order valence-corrected chi connectivity index (χ0v) is 14.8. The molecule has 2 aliphatic rings. The quantitative estimate of drug-likeness (QED) is 0.632. The standard InChI is InChI=1S/C19H24N2O4/c1-3-13-4-6-15(7-5-13)21-17(22)12-16(18(21)23)20-10-8-14(9-11-20)19(24)25-2/h4-7,14,16H,3,8-12H2,1-2H3/p+1/t16-/m0/s1. The van der Waals surface area contributed by atoms with Gasteiger partial charge in [0.05, 0.1) is 38.2 Å². The second-order valence-electron chi connectivity index (χ2n) is 6.80. The fourth-order valence-electron chi connectivity index (χ4n) is 3.84. The van der Waals surface area contributed by atoms with Crippen molar-refractivity contribution in [3.05, 3.63) is 29.8 Å². The van der Waals surface area contributed by atoms with Gasteiger partial charge in [0.25, 0.3) is 5.91 Å². The second kappa shape index (κ2) is 7.35. The monoisotopic (exact) mass is 345 g/mol. The lowest BCUT2D eigenvalue weighted by Gasteiger charge is -2.30. The molecule has 6 nitrogen and oxygen atoms in total. The Hall–Kier alpha value is -2.21. The van der Waals surface area contributed by atoms with Crippen molar-refractivity contribution in [2.75, 3.05) is 25.1 Å². The van der Waals surface area contributed by atoms with Gasteiger partial charge in [-0.05, 0) is 24.1 Å². The Balaban J connectivity index is 1.68. The van der Waals surface area contributed by atoms with Gasteiger partial charge in [-0.1, -0.05) is 19.1 Å². The number of quaternary nitrogens is 1. The van der Waals surface area contributed by atoms with Gasteiger partial charge >= 0.3 is 5.97 Å². The molecular formula is C19H25N2O4+. The maximum absolute atomic E-state index is 12.8. The predicted molar refractivity (Wildman–Crippen MR) is 92.2 cm³/mol. The van der Waals surface area contributed by atoms with E-state index in [2.05, 4.69) is 6.92 Å². The van der Waals surface area contributed by atoms with Crippen LogP contribution in [0.1, 0.15) is 31.7 Å². The van der Waals surface area contributed by atoms with Crippen LogP contribution in [0.5, 0.6) is 0 Å². The maximum atomic E-state index is 12.8. The van der Waals surface area contributed by atoms with Crippen molar-refractivity contribution in [1.29, 1.82) is 0 Å². The van der Waals surface area contributed by atoms with Crippen LogP contribution in [0.2, 0.25) is 0 Å². The summed E-state index contributed by atoms with van der Waals surface area (Å²) in [5, 5.41) is 0. The van der Waals surface area contributed by atoms with Crippen LogP contribution in [0.4, 0.5) is 5.69 Å². The van der Waals surface area contributed by atoms with Gasteiger partial charge in [-0.2, -0.15) is 0 Å². The number of carbonyl (C=O) groups is 3. The van der Waals surface area contributed by atoms with E-state index in [4.69, 9.17) is 4.74 Å². The molecule has 2 amide bonds. The molecule has 0 saturated carbocycles. The van der Waals surface area contributed by atoms with Gasteiger partial charge in [-0.3, -0.25) is 14.4 Å². The molecule has 1 aromatic rings. The molecule has 1 aromatic carbocycles. The summed E-state index contributed by atoms with van der Waals surface area (Å²) in [4.78, 5) is 39.3. The van der Waals surface area contributed by atoms with E-state index in [1.807, 2.05) is 24.3 Å². The molecule has 25 heavy (non-hydrogen) atoms. The SMILES string of the molecule is CCc1ccc(N2C(=O)C[C@H]([NH+]3CCC(C(=O)OC)CC3)C2=O)cc1. The summed E-state index contributed by atoms with van der Waals surface area (Å²) in [5.41, 5.74) is 1.83. The molecule has 3 rings (SSSR count). The highest BCUT2D eigenvalue weighted by Gasteiger charge is 2.47. The number of nitrogens with zero attached hydrogens (tertiary/aromatic N) is 1. The summed E-state index contributed by atoms with van der Waals surface area (Å²) in [7, 11) is 1.41. The Morgan fingerprint density at radius 2 is 1.84 bits per heavy atom. The van der Waals surface area contributed by atoms with Gasteiger partial charge in [0.15, 0.2) is 6.04 Å². The number of aryl methyl sites for hydroxylation is 1. The van der Waals surface area contributed by atoms with E-state index < -0.39 is 0 Å². The molecule has 0 radical (unpaired) electrons. The number of methoxy groups -OCH3 is 1. The minimum absolute atomic E-state index is 0.0846. The van der Waals surface area contributed by atoms with Crippen molar-refractivity contribution in [3.63, 3.8) is 0 Å². The number of likely N-dealkylation sites (tertiary alicyclic amines) is 1. The van der Waals surface area contributed by atoms with E-state index in [-0.39, 0.29) is 36.2 Å². The molecule has 2 saturated heterocycles. The Morgan fingerprint density at radius 3 is 2.40 bits per heavy atom. The molecule has 1 N–H and O–H groups in total. The number of piperidine rings is 1. The summed E-state index contributed by atoms with van der Waals surface area (Å²) in [5.74, 6) is -0.522. The van der Waals surface area contributed by atoms with Crippen molar-refractivity contribution in [1.82, 2.24) is 0 Å². The molecule has 0 bridgehead atoms. The first kappa shape index (κ1) is 17.6. The highest BCUT2D eigenvalue weighted by Crippen LogP contribution is 2.23. The fraction of sp³-hybridized carbons (Fsp3) is 0.526. The molecule has 0 aliphatic carbocycles. The topological polar surface area (TPSA) is 68.1 Å². The van der Waals surface area contributed by atoms with Crippen molar-refractivity contribution in [3.8, 4) is 0 Å². The molecule has 0 aromatic heterocycles. The number of carbonyl (C=O) groups excluding carboxylic acids is 3. The molecule has 0 spiro atoms. The zero-order valence-electron chi connectivity index (χ0n) is 14.8. The van der Waals surface area contributed by atoms with Crippen molar-refractivity contribution >= 4 is 23.5 Å². The first-order valence-corrected chi connectivity index (χ1v) is 8.93. The van der Waals surface area contributed by atoms with Crippen LogP contribution in [0, 0.1) is 5.92 Å². The van der Waals surface area contributed by atoms with Crippen LogP contribution < -0.4 is 9.80 Å². The minimum atomic E-state index is -0.336. The molecule has 0 unspecified atom stereocenters. The largest absolute Gasteiger partial charge is 0.469 e. The minimum Gasteiger partial charge on any atom is -0.469 e. The number of nitrogens with one attached hydrogen (secondary N) is 1. The van der Waals surface area contributed by atoms with Gasteiger partial charge in [0.1, 0.15) is 0 Å². The molecule has 2 heterocycles. The summed E-state index contributed by atoms with van der Waals surface area (Å²) in [6.45, 7) is 3.50. The molecule has 1 atom stereocenters. The summed E-state index contributed by atoms with van der Waals surface area (Å²) in [6.07, 6.45) is 2.56. The Kier molecular flexibility index (Phi) is 5.18. The Morgan fingerprint density at radius 1 is 1.20 bits per heavy atom. The highest BCUT2D eigenvalue weighted by atomic mass is 16.5. The smallest absolute Gasteiger partial charge is 0.309 e. The van der Waals surface area contributed by atoms with Crippen LogP contribution >= 0.6 is 0 Å². The summed E-state index contributed by atoms with van der Waals surface area (Å²) in [6, 6.07) is 7.26. The Bertz CT molecular complexity index is 663. The van der Waals surface area contributed by atoms with Crippen molar-refractivity contribution < 1.29 is 24.0 Å². The van der Waals surface area contributed by atoms with E-state index >= 15 is 0 Å². The van der Waals surface area contributed by atoms with E-state index in [0.29, 0.717) is 31.6 Å². The number of hydrogen-bond acceptors (Lipinski definition) is 4. The van der Waals surface area contributed by atoms with Gasteiger partial charge in [-0.15, -0.1) is 0 Å². The number of anilines is 1. The van der Waals surface area contributed by atoms with Gasteiger partial charge in [0.2, 0.25) is 5.91 Å². The number of esters is 1. The van der Waals surface area contributed by atoms with Gasteiger partial charge in [-0.25, -0.2) is 4.90 Å². The van der Waals surface area contributed by atoms with Crippen LogP contribution in [0.15, 0.2) is 24.3 Å². The first-order valence-electron chi connectivity index (χ1n) is 8.93. The lowest BCUT2D eigenvalue weighted by molar-refractivity contribution is -0.920. The van der Waals surface area contributed by atoms with Gasteiger partial charge in [0, 0.05) is 12.8 Å². The van der Waals surface area contributed by atoms with E-state index in [1.165, 1.54) is 17.6 Å². The number of rotatable bonds is 4. The third-order valence-electron chi connectivity index (χ3n) is 5.40. The molecule has 134 valence electrons. The van der Waals surface area contributed by atoms with Crippen LogP contribution in [0.3, 0.4) is 0 Å². The zero-order chi connectivity index (χ0) is 18.0. The Labute approximate surface area is 147 Å². The summed E-state index contributed by atoms with van der Waals surface area (Å²) < 4.78 is 4.80. The van der Waals surface area contributed by atoms with Crippen LogP contribution in [0.25, 0.3) is 0 Å². The van der Waals surface area contributed by atoms with Crippen molar-refractivity contribution in [2.45, 2.75) is 38.6 Å². The second-order valence-corrected chi connectivity index (χ2v) is 6.80. The third kappa shape index (κ3) is 3.44. The number of benzene rings is 1. The highest BCUT2D eigenvalue weighted by molar-refractivity contribution is 6.21. The number of imide groups is 1. The third-order valence-corrected chi connectivity index (χ3v) is 5.40. The lowest BCUT2D eigenvalue weighted by Crippen LogP contribution is -3.17. The van der Waals surface area contributed by atoms with Crippen LogP contribution in [-0.2, 0) is 25.5 Å². The normalized spacial score (nSPS) is 26.8. The van der Waals surface area contributed by atoms with E-state index in [0.717, 1.165) is 11.3 Å². The van der Waals surface area contributed by atoms with Crippen LogP contribution in [-0.4, -0.2) is 44.0 Å². The number of hydrogen-bond donors (Lipinski definition) is 1. The number of ether oxygens (including phenoxy) is 1. The molecule has 2 aliphatic heterocycles. The summed E-state index contributed by atoms with van der Waals surface area (Å²) >= 11 is 0. The molecule has 2 fully saturated rings. The average Bonchev–Trinajstić information content (AvgIpc) is 2.95. The van der Waals surface area contributed by atoms with E-state index in [9.17, 15) is 14.4 Å².